The van der Waals surface area contributed by atoms with Gasteiger partial charge in [-0.1, -0.05) is 35.6 Å². The zero-order chi connectivity index (χ0) is 18.8. The highest BCUT2D eigenvalue weighted by atomic mass is 32.1. The Morgan fingerprint density at radius 3 is 2.59 bits per heavy atom. The number of benzene rings is 2. The Hall–Kier alpha value is -2.99. The van der Waals surface area contributed by atoms with Crippen molar-refractivity contribution in [1.82, 2.24) is 14.8 Å². The van der Waals surface area contributed by atoms with Crippen molar-refractivity contribution in [2.24, 2.45) is 0 Å². The van der Waals surface area contributed by atoms with Crippen LogP contribution in [0.4, 0.5) is 5.13 Å². The van der Waals surface area contributed by atoms with Gasteiger partial charge in [0.1, 0.15) is 0 Å². The van der Waals surface area contributed by atoms with Crippen LogP contribution < -0.4 is 5.32 Å². The van der Waals surface area contributed by atoms with Crippen molar-refractivity contribution < 1.29 is 4.79 Å². The molecular weight excluding hydrogens is 356 g/mol. The first kappa shape index (κ1) is 17.4. The monoisotopic (exact) mass is 376 g/mol. The van der Waals surface area contributed by atoms with Crippen LogP contribution in [-0.4, -0.2) is 20.7 Å². The lowest BCUT2D eigenvalue weighted by Crippen LogP contribution is -2.12. The van der Waals surface area contributed by atoms with E-state index < -0.39 is 0 Å². The van der Waals surface area contributed by atoms with Crippen LogP contribution in [0.3, 0.4) is 0 Å². The van der Waals surface area contributed by atoms with Crippen molar-refractivity contribution in [1.29, 1.82) is 0 Å². The maximum atomic E-state index is 12.2. The lowest BCUT2D eigenvalue weighted by Gasteiger charge is -2.06. The van der Waals surface area contributed by atoms with Gasteiger partial charge < -0.3 is 5.32 Å². The van der Waals surface area contributed by atoms with Crippen molar-refractivity contribution in [3.05, 3.63) is 71.5 Å². The van der Waals surface area contributed by atoms with Crippen molar-refractivity contribution in [3.8, 4) is 5.69 Å². The molecule has 0 spiro atoms. The van der Waals surface area contributed by atoms with Gasteiger partial charge in [0, 0.05) is 12.1 Å². The second-order valence-electron chi connectivity index (χ2n) is 6.54. The number of nitrogens with zero attached hydrogens (tertiary/aromatic N) is 3. The summed E-state index contributed by atoms with van der Waals surface area (Å²) < 4.78 is 3.01. The van der Waals surface area contributed by atoms with E-state index >= 15 is 0 Å². The molecule has 0 unspecified atom stereocenters. The van der Waals surface area contributed by atoms with E-state index in [1.807, 2.05) is 54.9 Å². The Balaban J connectivity index is 1.36. The molecule has 0 radical (unpaired) electrons. The number of fused-ring (bicyclic) bond motifs is 1. The van der Waals surface area contributed by atoms with Crippen LogP contribution in [0.15, 0.2) is 54.6 Å². The Kier molecular flexibility index (Phi) is 4.73. The Morgan fingerprint density at radius 2 is 1.89 bits per heavy atom. The van der Waals surface area contributed by atoms with Crippen molar-refractivity contribution in [2.45, 2.75) is 26.7 Å². The minimum atomic E-state index is -0.0170. The summed E-state index contributed by atoms with van der Waals surface area (Å²) in [6, 6.07) is 18.1. The lowest BCUT2D eigenvalue weighted by molar-refractivity contribution is -0.116. The summed E-state index contributed by atoms with van der Waals surface area (Å²) in [6.07, 6.45) is 1.11. The average Bonchev–Trinajstić information content (AvgIpc) is 3.22. The van der Waals surface area contributed by atoms with Gasteiger partial charge in [0.15, 0.2) is 5.13 Å². The van der Waals surface area contributed by atoms with Crippen LogP contribution in [0.1, 0.15) is 23.4 Å². The third kappa shape index (κ3) is 3.90. The van der Waals surface area contributed by atoms with Crippen molar-refractivity contribution in [3.63, 3.8) is 0 Å². The SMILES string of the molecule is Cc1cc(C)n(-c2ccc(CCC(=O)Nc3nc4ccccc4s3)cc2)n1. The fourth-order valence-corrected chi connectivity index (χ4v) is 3.94. The molecule has 2 aromatic heterocycles. The summed E-state index contributed by atoms with van der Waals surface area (Å²) in [4.78, 5) is 16.7. The molecule has 0 atom stereocenters. The van der Waals surface area contributed by atoms with Gasteiger partial charge in [0.05, 0.1) is 21.6 Å². The van der Waals surface area contributed by atoms with Crippen LogP contribution >= 0.6 is 11.3 Å². The first-order chi connectivity index (χ1) is 13.1. The zero-order valence-electron chi connectivity index (χ0n) is 15.3. The highest BCUT2D eigenvalue weighted by molar-refractivity contribution is 7.22. The van der Waals surface area contributed by atoms with Crippen LogP contribution in [0.2, 0.25) is 0 Å². The molecule has 1 amide bonds. The molecule has 4 rings (SSSR count). The van der Waals surface area contributed by atoms with Crippen LogP contribution in [-0.2, 0) is 11.2 Å². The molecule has 0 bridgehead atoms. The minimum Gasteiger partial charge on any atom is -0.302 e. The number of rotatable bonds is 5. The van der Waals surface area contributed by atoms with E-state index in [1.54, 1.807) is 0 Å². The van der Waals surface area contributed by atoms with E-state index in [-0.39, 0.29) is 5.91 Å². The quantitative estimate of drug-likeness (QED) is 0.551. The number of carbonyl (C=O) groups excluding carboxylic acids is 1. The molecule has 4 aromatic rings. The Morgan fingerprint density at radius 1 is 1.11 bits per heavy atom. The zero-order valence-corrected chi connectivity index (χ0v) is 16.1. The largest absolute Gasteiger partial charge is 0.302 e. The standard InChI is InChI=1S/C21H20N4OS/c1-14-13-15(2)25(24-14)17-10-7-16(8-11-17)9-12-20(26)23-21-22-18-5-3-4-6-19(18)27-21/h3-8,10-11,13H,9,12H2,1-2H3,(H,22,23,26). The number of thiazole rings is 1. The molecule has 6 heteroatoms. The number of hydrogen-bond donors (Lipinski definition) is 1. The summed E-state index contributed by atoms with van der Waals surface area (Å²) in [5, 5.41) is 8.05. The normalized spacial score (nSPS) is 11.0. The number of aryl methyl sites for hydroxylation is 3. The first-order valence-electron chi connectivity index (χ1n) is 8.86. The van der Waals surface area contributed by atoms with E-state index in [1.165, 1.54) is 11.3 Å². The van der Waals surface area contributed by atoms with Crippen LogP contribution in [0, 0.1) is 13.8 Å². The summed E-state index contributed by atoms with van der Waals surface area (Å²) in [7, 11) is 0. The highest BCUT2D eigenvalue weighted by Gasteiger charge is 2.08. The van der Waals surface area contributed by atoms with E-state index in [4.69, 9.17) is 0 Å². The van der Waals surface area contributed by atoms with Crippen molar-refractivity contribution >= 4 is 32.6 Å². The molecule has 0 aliphatic carbocycles. The number of anilines is 1. The van der Waals surface area contributed by atoms with Gasteiger partial charge in [-0.05, 0) is 56.2 Å². The van der Waals surface area contributed by atoms with Crippen LogP contribution in [0.5, 0.6) is 0 Å². The van der Waals surface area contributed by atoms with Gasteiger partial charge in [0.25, 0.3) is 0 Å². The Bertz CT molecular complexity index is 1060. The molecule has 0 saturated heterocycles. The maximum absolute atomic E-state index is 12.2. The molecule has 27 heavy (non-hydrogen) atoms. The molecule has 136 valence electrons. The third-order valence-corrected chi connectivity index (χ3v) is 5.32. The molecule has 0 saturated carbocycles. The summed E-state index contributed by atoms with van der Waals surface area (Å²) in [5.41, 5.74) is 5.18. The molecule has 5 nitrogen and oxygen atoms in total. The van der Waals surface area contributed by atoms with Gasteiger partial charge >= 0.3 is 0 Å². The highest BCUT2D eigenvalue weighted by Crippen LogP contribution is 2.25. The third-order valence-electron chi connectivity index (χ3n) is 4.37. The van der Waals surface area contributed by atoms with E-state index in [0.29, 0.717) is 18.0 Å². The number of aromatic nitrogens is 3. The van der Waals surface area contributed by atoms with Gasteiger partial charge in [0.2, 0.25) is 5.91 Å². The molecule has 2 aromatic carbocycles. The molecule has 1 N–H and O–H groups in total. The van der Waals surface area contributed by atoms with E-state index in [9.17, 15) is 4.79 Å². The molecular formula is C21H20N4OS. The fraction of sp³-hybridized carbons (Fsp3) is 0.190. The molecule has 2 heterocycles. The minimum absolute atomic E-state index is 0.0170. The number of amides is 1. The van der Waals surface area contributed by atoms with Gasteiger partial charge in [-0.15, -0.1) is 0 Å². The number of nitrogens with one attached hydrogen (secondary N) is 1. The molecule has 0 fully saturated rings. The number of hydrogen-bond acceptors (Lipinski definition) is 4. The first-order valence-corrected chi connectivity index (χ1v) is 9.68. The summed E-state index contributed by atoms with van der Waals surface area (Å²) in [6.45, 7) is 4.03. The van der Waals surface area contributed by atoms with Gasteiger partial charge in [-0.3, -0.25) is 4.79 Å². The van der Waals surface area contributed by atoms with Crippen molar-refractivity contribution in [2.75, 3.05) is 5.32 Å². The van der Waals surface area contributed by atoms with E-state index in [0.717, 1.165) is 32.9 Å². The summed E-state index contributed by atoms with van der Waals surface area (Å²) in [5.74, 6) is -0.0170. The number of carbonyl (C=O) groups is 1. The van der Waals surface area contributed by atoms with Gasteiger partial charge in [-0.25, -0.2) is 9.67 Å². The Labute approximate surface area is 161 Å². The maximum Gasteiger partial charge on any atom is 0.226 e. The fourth-order valence-electron chi connectivity index (χ4n) is 3.06. The lowest BCUT2D eigenvalue weighted by atomic mass is 10.1. The predicted octanol–water partition coefficient (Wildman–Crippen LogP) is 4.67. The summed E-state index contributed by atoms with van der Waals surface area (Å²) >= 11 is 1.50. The van der Waals surface area contributed by atoms with Gasteiger partial charge in [-0.2, -0.15) is 5.10 Å². The smallest absolute Gasteiger partial charge is 0.226 e. The molecule has 0 aliphatic heterocycles. The number of para-hydroxylation sites is 1. The van der Waals surface area contributed by atoms with Crippen LogP contribution in [0.25, 0.3) is 15.9 Å². The second-order valence-corrected chi connectivity index (χ2v) is 7.57. The second kappa shape index (κ2) is 7.32. The van der Waals surface area contributed by atoms with E-state index in [2.05, 4.69) is 33.6 Å². The molecule has 0 aliphatic rings. The topological polar surface area (TPSA) is 59.8 Å². The predicted molar refractivity (Wildman–Crippen MR) is 110 cm³/mol. The average molecular weight is 376 g/mol.